The van der Waals surface area contributed by atoms with Gasteiger partial charge < -0.3 is 10.2 Å². The Morgan fingerprint density at radius 3 is 2.52 bits per heavy atom. The first-order chi connectivity index (χ1) is 9.79. The minimum absolute atomic E-state index is 0.116. The average Bonchev–Trinajstić information content (AvgIpc) is 2.41. The average molecular weight is 308 g/mol. The molecule has 2 rings (SSSR count). The molecule has 21 heavy (non-hydrogen) atoms. The van der Waals surface area contributed by atoms with Gasteiger partial charge >= 0.3 is 5.97 Å². The summed E-state index contributed by atoms with van der Waals surface area (Å²) < 4.78 is 26.5. The van der Waals surface area contributed by atoms with Crippen molar-refractivity contribution < 1.29 is 23.4 Å². The van der Waals surface area contributed by atoms with E-state index in [1.54, 1.807) is 6.07 Å². The van der Waals surface area contributed by atoms with Crippen LogP contribution in [0.5, 0.6) is 5.75 Å². The van der Waals surface area contributed by atoms with Crippen molar-refractivity contribution in [3.63, 3.8) is 0 Å². The molecule has 1 heterocycles. The zero-order chi connectivity index (χ0) is 15.6. The number of sulfonamides is 1. The van der Waals surface area contributed by atoms with Crippen molar-refractivity contribution in [1.82, 2.24) is 4.98 Å². The Bertz CT molecular complexity index is 785. The molecular formula is C13H12N2O5S. The highest BCUT2D eigenvalue weighted by Crippen LogP contribution is 2.22. The van der Waals surface area contributed by atoms with Crippen molar-refractivity contribution >= 4 is 21.8 Å². The van der Waals surface area contributed by atoms with Crippen LogP contribution < -0.4 is 4.72 Å². The zero-order valence-corrected chi connectivity index (χ0v) is 11.8. The normalized spacial score (nSPS) is 11.1. The largest absolute Gasteiger partial charge is 0.507 e. The molecule has 0 amide bonds. The molecule has 3 N–H and O–H groups in total. The first-order valence-corrected chi connectivity index (χ1v) is 7.30. The molecule has 7 nitrogen and oxygen atoms in total. The second-order valence-corrected chi connectivity index (χ2v) is 5.99. The molecule has 0 aliphatic carbocycles. The Morgan fingerprint density at radius 1 is 1.24 bits per heavy atom. The molecule has 0 bridgehead atoms. The number of aromatic hydroxyl groups is 1. The summed E-state index contributed by atoms with van der Waals surface area (Å²) in [4.78, 5) is 14.5. The van der Waals surface area contributed by atoms with Gasteiger partial charge in [0.05, 0.1) is 4.90 Å². The second-order valence-electron chi connectivity index (χ2n) is 4.31. The molecule has 0 unspecified atom stereocenters. The van der Waals surface area contributed by atoms with Gasteiger partial charge in [0.2, 0.25) is 0 Å². The monoisotopic (exact) mass is 308 g/mol. The van der Waals surface area contributed by atoms with Gasteiger partial charge in [-0.05, 0) is 36.8 Å². The molecule has 1 aromatic carbocycles. The van der Waals surface area contributed by atoms with Crippen molar-refractivity contribution in [2.75, 3.05) is 4.72 Å². The highest BCUT2D eigenvalue weighted by Gasteiger charge is 2.19. The summed E-state index contributed by atoms with van der Waals surface area (Å²) in [5, 5.41) is 18.3. The Morgan fingerprint density at radius 2 is 1.95 bits per heavy atom. The van der Waals surface area contributed by atoms with E-state index in [4.69, 9.17) is 5.11 Å². The molecule has 8 heteroatoms. The van der Waals surface area contributed by atoms with Crippen LogP contribution in [-0.2, 0) is 10.0 Å². The number of hydrogen-bond acceptors (Lipinski definition) is 5. The van der Waals surface area contributed by atoms with E-state index in [-0.39, 0.29) is 10.7 Å². The first kappa shape index (κ1) is 14.8. The van der Waals surface area contributed by atoms with E-state index >= 15 is 0 Å². The van der Waals surface area contributed by atoms with Crippen LogP contribution in [-0.4, -0.2) is 29.6 Å². The van der Waals surface area contributed by atoms with Crippen LogP contribution in [0.2, 0.25) is 0 Å². The number of carboxylic acid groups (broad SMARTS) is 1. The maximum absolute atomic E-state index is 12.1. The van der Waals surface area contributed by atoms with Crippen LogP contribution in [0.15, 0.2) is 41.4 Å². The van der Waals surface area contributed by atoms with Gasteiger partial charge in [-0.1, -0.05) is 6.07 Å². The summed E-state index contributed by atoms with van der Waals surface area (Å²) in [5.41, 5.74) is 0.380. The number of anilines is 1. The van der Waals surface area contributed by atoms with Crippen molar-refractivity contribution in [3.05, 3.63) is 47.7 Å². The van der Waals surface area contributed by atoms with Gasteiger partial charge in [0.1, 0.15) is 17.1 Å². The quantitative estimate of drug-likeness (QED) is 0.789. The van der Waals surface area contributed by atoms with Crippen LogP contribution in [0, 0.1) is 6.92 Å². The lowest BCUT2D eigenvalue weighted by molar-refractivity contribution is 0.0693. The molecule has 0 spiro atoms. The molecule has 0 fully saturated rings. The molecule has 0 aliphatic rings. The number of aryl methyl sites for hydroxylation is 1. The van der Waals surface area contributed by atoms with E-state index in [2.05, 4.69) is 9.71 Å². The number of benzene rings is 1. The number of aromatic nitrogens is 1. The summed E-state index contributed by atoms with van der Waals surface area (Å²) >= 11 is 0. The van der Waals surface area contributed by atoms with E-state index in [1.807, 2.05) is 6.92 Å². The Balaban J connectivity index is 2.38. The zero-order valence-electron chi connectivity index (χ0n) is 10.9. The second kappa shape index (κ2) is 5.41. The van der Waals surface area contributed by atoms with Crippen molar-refractivity contribution in [2.45, 2.75) is 11.8 Å². The highest BCUT2D eigenvalue weighted by molar-refractivity contribution is 7.92. The topological polar surface area (TPSA) is 117 Å². The molecule has 0 atom stereocenters. The molecule has 110 valence electrons. The molecule has 1 aromatic heterocycles. The molecule has 0 saturated heterocycles. The number of phenols is 1. The predicted molar refractivity (Wildman–Crippen MR) is 74.8 cm³/mol. The number of nitrogens with zero attached hydrogens (tertiary/aromatic N) is 1. The summed E-state index contributed by atoms with van der Waals surface area (Å²) in [7, 11) is -3.99. The summed E-state index contributed by atoms with van der Waals surface area (Å²) in [6.07, 6.45) is 1.50. The van der Waals surface area contributed by atoms with Gasteiger partial charge in [-0.3, -0.25) is 4.72 Å². The fraction of sp³-hybridized carbons (Fsp3) is 0.0769. The maximum atomic E-state index is 12.1. The van der Waals surface area contributed by atoms with E-state index in [0.29, 0.717) is 0 Å². The molecule has 2 aromatic rings. The van der Waals surface area contributed by atoms with Crippen LogP contribution in [0.3, 0.4) is 0 Å². The van der Waals surface area contributed by atoms with Gasteiger partial charge in [0.25, 0.3) is 10.0 Å². The lowest BCUT2D eigenvalue weighted by Crippen LogP contribution is -2.14. The summed E-state index contributed by atoms with van der Waals surface area (Å²) in [5.74, 6) is -1.81. The number of rotatable bonds is 4. The van der Waals surface area contributed by atoms with Gasteiger partial charge in [-0.2, -0.15) is 0 Å². The Hall–Kier alpha value is -2.61. The third-order valence-corrected chi connectivity index (χ3v) is 4.01. The van der Waals surface area contributed by atoms with Crippen LogP contribution in [0.25, 0.3) is 0 Å². The predicted octanol–water partition coefficient (Wildman–Crippen LogP) is 1.59. The molecule has 0 saturated carbocycles. The smallest absolute Gasteiger partial charge is 0.339 e. The van der Waals surface area contributed by atoms with E-state index in [1.165, 1.54) is 12.3 Å². The number of aromatic carboxylic acids is 1. The lowest BCUT2D eigenvalue weighted by Gasteiger charge is -2.08. The number of carboxylic acids is 1. The Kier molecular flexibility index (Phi) is 3.81. The van der Waals surface area contributed by atoms with Gasteiger partial charge in [-0.25, -0.2) is 18.2 Å². The standard InChI is InChI=1S/C13H12N2O5S/c1-8-2-5-12(14-7-8)15-21(19,20)9-3-4-11(16)10(6-9)13(17)18/h2-7,16H,1H3,(H,14,15)(H,17,18). The third kappa shape index (κ3) is 3.29. The third-order valence-electron chi connectivity index (χ3n) is 2.66. The van der Waals surface area contributed by atoms with Crippen LogP contribution in [0.4, 0.5) is 5.82 Å². The van der Waals surface area contributed by atoms with Gasteiger partial charge in [0, 0.05) is 6.20 Å². The maximum Gasteiger partial charge on any atom is 0.339 e. The fourth-order valence-corrected chi connectivity index (χ4v) is 2.61. The van der Waals surface area contributed by atoms with Crippen molar-refractivity contribution in [1.29, 1.82) is 0 Å². The van der Waals surface area contributed by atoms with E-state index < -0.39 is 27.3 Å². The van der Waals surface area contributed by atoms with Crippen molar-refractivity contribution in [2.24, 2.45) is 0 Å². The van der Waals surface area contributed by atoms with E-state index in [9.17, 15) is 18.3 Å². The molecule has 0 radical (unpaired) electrons. The van der Waals surface area contributed by atoms with Crippen LogP contribution >= 0.6 is 0 Å². The number of nitrogens with one attached hydrogen (secondary N) is 1. The van der Waals surface area contributed by atoms with Gasteiger partial charge in [0.15, 0.2) is 0 Å². The molecule has 0 aliphatic heterocycles. The van der Waals surface area contributed by atoms with E-state index in [0.717, 1.165) is 23.8 Å². The molecular weight excluding hydrogens is 296 g/mol. The minimum Gasteiger partial charge on any atom is -0.507 e. The SMILES string of the molecule is Cc1ccc(NS(=O)(=O)c2ccc(O)c(C(=O)O)c2)nc1. The minimum atomic E-state index is -3.99. The summed E-state index contributed by atoms with van der Waals surface area (Å²) in [6.45, 7) is 1.81. The summed E-state index contributed by atoms with van der Waals surface area (Å²) in [6, 6.07) is 6.18. The number of carbonyl (C=O) groups is 1. The number of hydrogen-bond donors (Lipinski definition) is 3. The first-order valence-electron chi connectivity index (χ1n) is 5.81. The highest BCUT2D eigenvalue weighted by atomic mass is 32.2. The number of pyridine rings is 1. The Labute approximate surface area is 120 Å². The lowest BCUT2D eigenvalue weighted by atomic mass is 10.2. The van der Waals surface area contributed by atoms with Gasteiger partial charge in [-0.15, -0.1) is 0 Å². The fourth-order valence-electron chi connectivity index (χ4n) is 1.58. The van der Waals surface area contributed by atoms with Crippen molar-refractivity contribution in [3.8, 4) is 5.75 Å². The van der Waals surface area contributed by atoms with Crippen LogP contribution in [0.1, 0.15) is 15.9 Å².